The number of aromatic nitrogens is 2. The van der Waals surface area contributed by atoms with Gasteiger partial charge in [0.2, 0.25) is 0 Å². The van der Waals surface area contributed by atoms with Crippen molar-refractivity contribution in [3.05, 3.63) is 53.9 Å². The van der Waals surface area contributed by atoms with E-state index < -0.39 is 0 Å². The summed E-state index contributed by atoms with van der Waals surface area (Å²) in [7, 11) is 0. The van der Waals surface area contributed by atoms with Crippen LogP contribution in [0.2, 0.25) is 0 Å². The average Bonchev–Trinajstić information content (AvgIpc) is 3.18. The molecule has 1 fully saturated rings. The molecule has 2 aromatic rings. The number of hydrogen-bond acceptors (Lipinski definition) is 1. The molecule has 3 rings (SSSR count). The molecule has 1 aromatic heterocycles. The lowest BCUT2D eigenvalue weighted by Crippen LogP contribution is -2.11. The predicted octanol–water partition coefficient (Wildman–Crippen LogP) is 4.79. The van der Waals surface area contributed by atoms with Crippen molar-refractivity contribution in [3.63, 3.8) is 0 Å². The largest absolute Gasteiger partial charge is 0.269 e. The van der Waals surface area contributed by atoms with Crippen molar-refractivity contribution in [2.75, 3.05) is 5.33 Å². The van der Waals surface area contributed by atoms with Gasteiger partial charge in [0.15, 0.2) is 0 Å². The second kappa shape index (κ2) is 7.26. The lowest BCUT2D eigenvalue weighted by Gasteiger charge is -2.13. The van der Waals surface area contributed by atoms with Crippen molar-refractivity contribution < 1.29 is 0 Å². The predicted molar refractivity (Wildman–Crippen MR) is 90.9 cm³/mol. The highest BCUT2D eigenvalue weighted by Gasteiger charge is 2.18. The SMILES string of the molecule is BrCC(Cc1ccccc1)Cc1ccn(C2CCCC2)n1. The molecule has 1 atom stereocenters. The van der Waals surface area contributed by atoms with E-state index >= 15 is 0 Å². The first-order chi connectivity index (χ1) is 10.3. The van der Waals surface area contributed by atoms with Crippen LogP contribution < -0.4 is 0 Å². The van der Waals surface area contributed by atoms with Gasteiger partial charge in [-0.2, -0.15) is 5.10 Å². The third-order valence-electron chi connectivity index (χ3n) is 4.45. The third-order valence-corrected chi connectivity index (χ3v) is 5.36. The van der Waals surface area contributed by atoms with E-state index in [1.54, 1.807) is 0 Å². The van der Waals surface area contributed by atoms with E-state index in [4.69, 9.17) is 5.10 Å². The van der Waals surface area contributed by atoms with Gasteiger partial charge in [-0.15, -0.1) is 0 Å². The molecule has 2 nitrogen and oxygen atoms in total. The maximum absolute atomic E-state index is 4.82. The van der Waals surface area contributed by atoms with Gasteiger partial charge in [0.1, 0.15) is 0 Å². The minimum absolute atomic E-state index is 0.610. The Morgan fingerprint density at radius 3 is 2.57 bits per heavy atom. The first-order valence-corrected chi connectivity index (χ1v) is 9.11. The normalized spacial score (nSPS) is 17.2. The first kappa shape index (κ1) is 14.8. The summed E-state index contributed by atoms with van der Waals surface area (Å²) in [5.41, 5.74) is 2.65. The summed E-state index contributed by atoms with van der Waals surface area (Å²) >= 11 is 3.67. The van der Waals surface area contributed by atoms with Gasteiger partial charge in [-0.05, 0) is 43.2 Å². The molecule has 1 heterocycles. The molecule has 21 heavy (non-hydrogen) atoms. The van der Waals surface area contributed by atoms with Crippen LogP contribution in [0.4, 0.5) is 0 Å². The molecule has 112 valence electrons. The van der Waals surface area contributed by atoms with E-state index in [0.717, 1.165) is 18.2 Å². The van der Waals surface area contributed by atoms with Gasteiger partial charge in [-0.1, -0.05) is 59.1 Å². The maximum atomic E-state index is 4.82. The highest BCUT2D eigenvalue weighted by Crippen LogP contribution is 2.29. The van der Waals surface area contributed by atoms with E-state index in [1.165, 1.54) is 36.9 Å². The summed E-state index contributed by atoms with van der Waals surface area (Å²) in [5.74, 6) is 0.610. The summed E-state index contributed by atoms with van der Waals surface area (Å²) in [4.78, 5) is 0. The molecule has 1 aliphatic rings. The van der Waals surface area contributed by atoms with Crippen molar-refractivity contribution in [3.8, 4) is 0 Å². The average molecular weight is 347 g/mol. The first-order valence-electron chi connectivity index (χ1n) is 7.99. The molecule has 1 aliphatic carbocycles. The molecule has 0 spiro atoms. The third kappa shape index (κ3) is 3.97. The Bertz CT molecular complexity index is 543. The van der Waals surface area contributed by atoms with Crippen molar-refractivity contribution in [1.82, 2.24) is 9.78 Å². The van der Waals surface area contributed by atoms with Gasteiger partial charge in [-0.25, -0.2) is 0 Å². The molecular weight excluding hydrogens is 324 g/mol. The van der Waals surface area contributed by atoms with Gasteiger partial charge in [-0.3, -0.25) is 4.68 Å². The lowest BCUT2D eigenvalue weighted by atomic mass is 9.97. The van der Waals surface area contributed by atoms with E-state index in [-0.39, 0.29) is 0 Å². The van der Waals surface area contributed by atoms with Crippen molar-refractivity contribution in [2.24, 2.45) is 5.92 Å². The molecule has 0 amide bonds. The van der Waals surface area contributed by atoms with Crippen LogP contribution in [0.15, 0.2) is 42.6 Å². The Kier molecular flexibility index (Phi) is 5.13. The van der Waals surface area contributed by atoms with E-state index in [0.29, 0.717) is 12.0 Å². The highest BCUT2D eigenvalue weighted by molar-refractivity contribution is 9.09. The molecule has 1 aromatic carbocycles. The second-order valence-corrected chi connectivity index (χ2v) is 6.79. The minimum Gasteiger partial charge on any atom is -0.269 e. The summed E-state index contributed by atoms with van der Waals surface area (Å²) < 4.78 is 2.20. The fraction of sp³-hybridized carbons (Fsp3) is 0.500. The Labute approximate surface area is 135 Å². The number of hydrogen-bond donors (Lipinski definition) is 0. The zero-order chi connectivity index (χ0) is 14.5. The minimum atomic E-state index is 0.610. The van der Waals surface area contributed by atoms with Crippen molar-refractivity contribution >= 4 is 15.9 Å². The van der Waals surface area contributed by atoms with E-state index in [9.17, 15) is 0 Å². The standard InChI is InChI=1S/C18H23BrN2/c19-14-16(12-15-6-2-1-3-7-15)13-17-10-11-21(20-17)18-8-4-5-9-18/h1-3,6-7,10-11,16,18H,4-5,8-9,12-14H2. The van der Waals surface area contributed by atoms with Gasteiger partial charge >= 0.3 is 0 Å². The summed E-state index contributed by atoms with van der Waals surface area (Å²) in [6.45, 7) is 0. The van der Waals surface area contributed by atoms with Crippen molar-refractivity contribution in [2.45, 2.75) is 44.6 Å². The molecule has 0 radical (unpaired) electrons. The summed E-state index contributed by atoms with van der Waals surface area (Å²) in [6.07, 6.45) is 9.66. The molecule has 3 heteroatoms. The van der Waals surface area contributed by atoms with Crippen LogP contribution in [0, 0.1) is 5.92 Å². The fourth-order valence-electron chi connectivity index (χ4n) is 3.28. The molecule has 1 saturated carbocycles. The van der Waals surface area contributed by atoms with Crippen LogP contribution in [-0.4, -0.2) is 15.1 Å². The van der Waals surface area contributed by atoms with Gasteiger partial charge < -0.3 is 0 Å². The number of benzene rings is 1. The van der Waals surface area contributed by atoms with Gasteiger partial charge in [0.05, 0.1) is 11.7 Å². The Balaban J connectivity index is 1.61. The van der Waals surface area contributed by atoms with Crippen LogP contribution in [0.3, 0.4) is 0 Å². The van der Waals surface area contributed by atoms with Gasteiger partial charge in [0, 0.05) is 11.5 Å². The number of nitrogens with zero attached hydrogens (tertiary/aromatic N) is 2. The lowest BCUT2D eigenvalue weighted by molar-refractivity contribution is 0.458. The maximum Gasteiger partial charge on any atom is 0.0627 e. The monoisotopic (exact) mass is 346 g/mol. The van der Waals surface area contributed by atoms with Crippen LogP contribution in [0.25, 0.3) is 0 Å². The molecule has 0 N–H and O–H groups in total. The topological polar surface area (TPSA) is 17.8 Å². The second-order valence-electron chi connectivity index (χ2n) is 6.14. The summed E-state index contributed by atoms with van der Waals surface area (Å²) in [6, 6.07) is 13.6. The molecule has 0 saturated heterocycles. The van der Waals surface area contributed by atoms with E-state index in [1.807, 2.05) is 0 Å². The zero-order valence-corrected chi connectivity index (χ0v) is 14.0. The number of alkyl halides is 1. The van der Waals surface area contributed by atoms with Crippen LogP contribution in [0.1, 0.15) is 43.0 Å². The Morgan fingerprint density at radius 2 is 1.86 bits per heavy atom. The highest BCUT2D eigenvalue weighted by atomic mass is 79.9. The molecule has 0 bridgehead atoms. The van der Waals surface area contributed by atoms with E-state index in [2.05, 4.69) is 63.2 Å². The quantitative estimate of drug-likeness (QED) is 0.687. The molecule has 1 unspecified atom stereocenters. The molecule has 0 aliphatic heterocycles. The van der Waals surface area contributed by atoms with Crippen LogP contribution in [0.5, 0.6) is 0 Å². The Hall–Kier alpha value is -1.09. The number of rotatable bonds is 6. The van der Waals surface area contributed by atoms with Crippen LogP contribution >= 0.6 is 15.9 Å². The fourth-order valence-corrected chi connectivity index (χ4v) is 3.74. The summed E-state index contributed by atoms with van der Waals surface area (Å²) in [5, 5.41) is 5.84. The Morgan fingerprint density at radius 1 is 1.10 bits per heavy atom. The molecular formula is C18H23BrN2. The van der Waals surface area contributed by atoms with Crippen LogP contribution in [-0.2, 0) is 12.8 Å². The van der Waals surface area contributed by atoms with Crippen molar-refractivity contribution in [1.29, 1.82) is 0 Å². The number of halogens is 1. The zero-order valence-electron chi connectivity index (χ0n) is 12.4. The van der Waals surface area contributed by atoms with Gasteiger partial charge in [0.25, 0.3) is 0 Å². The smallest absolute Gasteiger partial charge is 0.0627 e.